The number of hydrogen-bond donors (Lipinski definition) is 1. The van der Waals surface area contributed by atoms with E-state index in [1.807, 2.05) is 12.1 Å². The fourth-order valence-corrected chi connectivity index (χ4v) is 2.05. The van der Waals surface area contributed by atoms with Gasteiger partial charge in [0, 0.05) is 29.2 Å². The highest BCUT2D eigenvalue weighted by Gasteiger charge is 2.07. The molecule has 0 bridgehead atoms. The number of benzene rings is 1. The van der Waals surface area contributed by atoms with Crippen LogP contribution in [0.2, 0.25) is 0 Å². The molecule has 19 heavy (non-hydrogen) atoms. The zero-order chi connectivity index (χ0) is 14.3. The summed E-state index contributed by atoms with van der Waals surface area (Å²) in [5.74, 6) is 0.982. The Kier molecular flexibility index (Phi) is 7.42. The molecule has 108 valence electrons. The number of hydrogen-bond acceptors (Lipinski definition) is 3. The molecule has 1 rings (SSSR count). The smallest absolute Gasteiger partial charge is 0.123 e. The van der Waals surface area contributed by atoms with Gasteiger partial charge >= 0.3 is 0 Å². The Morgan fingerprint density at radius 2 is 2.11 bits per heavy atom. The molecule has 0 fully saturated rings. The third-order valence-electron chi connectivity index (χ3n) is 3.12. The minimum Gasteiger partial charge on any atom is -0.493 e. The van der Waals surface area contributed by atoms with E-state index in [1.54, 1.807) is 0 Å². The maximum atomic E-state index is 5.78. The molecule has 1 aromatic carbocycles. The quantitative estimate of drug-likeness (QED) is 0.792. The molecule has 3 nitrogen and oxygen atoms in total. The van der Waals surface area contributed by atoms with Crippen molar-refractivity contribution in [1.82, 2.24) is 10.2 Å². The van der Waals surface area contributed by atoms with Crippen LogP contribution in [0.1, 0.15) is 25.8 Å². The Labute approximate surface area is 125 Å². The highest BCUT2D eigenvalue weighted by Crippen LogP contribution is 2.23. The second-order valence-corrected chi connectivity index (χ2v) is 5.96. The van der Waals surface area contributed by atoms with Crippen molar-refractivity contribution in [2.45, 2.75) is 32.9 Å². The Morgan fingerprint density at radius 3 is 2.74 bits per heavy atom. The molecule has 0 spiro atoms. The van der Waals surface area contributed by atoms with E-state index in [9.17, 15) is 0 Å². The molecule has 0 saturated heterocycles. The lowest BCUT2D eigenvalue weighted by atomic mass is 10.2. The Bertz CT molecular complexity index is 382. The van der Waals surface area contributed by atoms with Crippen molar-refractivity contribution in [2.24, 2.45) is 0 Å². The molecule has 0 heterocycles. The van der Waals surface area contributed by atoms with Crippen LogP contribution in [0.25, 0.3) is 0 Å². The highest BCUT2D eigenvalue weighted by atomic mass is 79.9. The maximum Gasteiger partial charge on any atom is 0.123 e. The van der Waals surface area contributed by atoms with Crippen molar-refractivity contribution in [3.63, 3.8) is 0 Å². The molecule has 0 amide bonds. The molecule has 0 radical (unpaired) electrons. The normalized spacial score (nSPS) is 12.7. The molecule has 1 unspecified atom stereocenters. The Hall–Kier alpha value is -0.580. The molecule has 4 heteroatoms. The van der Waals surface area contributed by atoms with E-state index in [1.165, 1.54) is 5.56 Å². The Balaban J connectivity index is 2.57. The van der Waals surface area contributed by atoms with Gasteiger partial charge in [0.05, 0.1) is 6.61 Å². The molecule has 0 saturated carbocycles. The van der Waals surface area contributed by atoms with E-state index in [0.717, 1.165) is 36.3 Å². The van der Waals surface area contributed by atoms with Gasteiger partial charge in [0.1, 0.15) is 5.75 Å². The van der Waals surface area contributed by atoms with Crippen LogP contribution in [0.4, 0.5) is 0 Å². The standard InChI is InChI=1S/C15H25BrN2O/c1-5-8-19-15-7-6-14(16)9-13(15)11-17-10-12(2)18(3)4/h6-7,9,12,17H,5,8,10-11H2,1-4H3. The van der Waals surface area contributed by atoms with Crippen LogP contribution < -0.4 is 10.1 Å². The monoisotopic (exact) mass is 328 g/mol. The van der Waals surface area contributed by atoms with Gasteiger partial charge in [-0.25, -0.2) is 0 Å². The summed E-state index contributed by atoms with van der Waals surface area (Å²) in [4.78, 5) is 2.21. The summed E-state index contributed by atoms with van der Waals surface area (Å²) in [7, 11) is 4.20. The maximum absolute atomic E-state index is 5.78. The second kappa shape index (κ2) is 8.56. The molecule has 1 N–H and O–H groups in total. The molecular weight excluding hydrogens is 304 g/mol. The van der Waals surface area contributed by atoms with Gasteiger partial charge in [-0.05, 0) is 45.6 Å². The van der Waals surface area contributed by atoms with Crippen molar-refractivity contribution in [3.05, 3.63) is 28.2 Å². The van der Waals surface area contributed by atoms with Gasteiger partial charge in [0.15, 0.2) is 0 Å². The SMILES string of the molecule is CCCOc1ccc(Br)cc1CNCC(C)N(C)C. The van der Waals surface area contributed by atoms with Crippen LogP contribution >= 0.6 is 15.9 Å². The lowest BCUT2D eigenvalue weighted by Crippen LogP contribution is -2.35. The first-order valence-electron chi connectivity index (χ1n) is 6.83. The van der Waals surface area contributed by atoms with Crippen molar-refractivity contribution in [3.8, 4) is 5.75 Å². The van der Waals surface area contributed by atoms with Gasteiger partial charge in [-0.1, -0.05) is 22.9 Å². The minimum absolute atomic E-state index is 0.521. The highest BCUT2D eigenvalue weighted by molar-refractivity contribution is 9.10. The number of ether oxygens (including phenoxy) is 1. The average Bonchev–Trinajstić information content (AvgIpc) is 2.37. The van der Waals surface area contributed by atoms with E-state index < -0.39 is 0 Å². The first-order chi connectivity index (χ1) is 9.04. The summed E-state index contributed by atoms with van der Waals surface area (Å²) >= 11 is 3.52. The number of halogens is 1. The molecular formula is C15H25BrN2O. The number of rotatable bonds is 8. The van der Waals surface area contributed by atoms with Crippen molar-refractivity contribution in [1.29, 1.82) is 0 Å². The fraction of sp³-hybridized carbons (Fsp3) is 0.600. The minimum atomic E-state index is 0.521. The topological polar surface area (TPSA) is 24.5 Å². The first-order valence-corrected chi connectivity index (χ1v) is 7.62. The molecule has 0 aliphatic carbocycles. The first kappa shape index (κ1) is 16.5. The molecule has 1 aromatic rings. The van der Waals surface area contributed by atoms with Gasteiger partial charge in [0.25, 0.3) is 0 Å². The van der Waals surface area contributed by atoms with Crippen LogP contribution in [0.5, 0.6) is 5.75 Å². The lowest BCUT2D eigenvalue weighted by molar-refractivity contribution is 0.298. The zero-order valence-corrected chi connectivity index (χ0v) is 14.0. The average molecular weight is 329 g/mol. The summed E-state index contributed by atoms with van der Waals surface area (Å²) in [6.45, 7) is 6.89. The fourth-order valence-electron chi connectivity index (χ4n) is 1.64. The van der Waals surface area contributed by atoms with Gasteiger partial charge in [0.2, 0.25) is 0 Å². The lowest BCUT2D eigenvalue weighted by Gasteiger charge is -2.20. The summed E-state index contributed by atoms with van der Waals surface area (Å²) in [6, 6.07) is 6.70. The van der Waals surface area contributed by atoms with Crippen LogP contribution in [-0.2, 0) is 6.54 Å². The third-order valence-corrected chi connectivity index (χ3v) is 3.61. The third kappa shape index (κ3) is 5.93. The largest absolute Gasteiger partial charge is 0.493 e. The van der Waals surface area contributed by atoms with Crippen LogP contribution in [0.3, 0.4) is 0 Å². The van der Waals surface area contributed by atoms with Crippen molar-refractivity contribution >= 4 is 15.9 Å². The summed E-state index contributed by atoms with van der Waals surface area (Å²) < 4.78 is 6.87. The van der Waals surface area contributed by atoms with Gasteiger partial charge in [-0.15, -0.1) is 0 Å². The van der Waals surface area contributed by atoms with Crippen molar-refractivity contribution in [2.75, 3.05) is 27.2 Å². The number of nitrogens with zero attached hydrogens (tertiary/aromatic N) is 1. The van der Waals surface area contributed by atoms with Gasteiger partial charge in [-0.3, -0.25) is 0 Å². The van der Waals surface area contributed by atoms with Crippen LogP contribution in [-0.4, -0.2) is 38.2 Å². The van der Waals surface area contributed by atoms with E-state index in [0.29, 0.717) is 6.04 Å². The summed E-state index contributed by atoms with van der Waals surface area (Å²) in [5.41, 5.74) is 1.20. The van der Waals surface area contributed by atoms with E-state index in [2.05, 4.69) is 60.2 Å². The summed E-state index contributed by atoms with van der Waals surface area (Å²) in [5, 5.41) is 3.48. The predicted molar refractivity (Wildman–Crippen MR) is 84.8 cm³/mol. The van der Waals surface area contributed by atoms with Crippen LogP contribution in [0.15, 0.2) is 22.7 Å². The van der Waals surface area contributed by atoms with E-state index in [-0.39, 0.29) is 0 Å². The number of nitrogens with one attached hydrogen (secondary N) is 1. The van der Waals surface area contributed by atoms with E-state index in [4.69, 9.17) is 4.74 Å². The molecule has 1 atom stereocenters. The molecule has 0 aliphatic rings. The summed E-state index contributed by atoms with van der Waals surface area (Å²) in [6.07, 6.45) is 1.03. The second-order valence-electron chi connectivity index (χ2n) is 5.04. The molecule has 0 aromatic heterocycles. The van der Waals surface area contributed by atoms with Gasteiger partial charge < -0.3 is 15.0 Å². The zero-order valence-electron chi connectivity index (χ0n) is 12.4. The predicted octanol–water partition coefficient (Wildman–Crippen LogP) is 3.28. The Morgan fingerprint density at radius 1 is 1.37 bits per heavy atom. The molecule has 0 aliphatic heterocycles. The van der Waals surface area contributed by atoms with Crippen molar-refractivity contribution < 1.29 is 4.74 Å². The van der Waals surface area contributed by atoms with E-state index >= 15 is 0 Å². The van der Waals surface area contributed by atoms with Crippen LogP contribution in [0, 0.1) is 0 Å². The van der Waals surface area contributed by atoms with Gasteiger partial charge in [-0.2, -0.15) is 0 Å². The number of likely N-dealkylation sites (N-methyl/N-ethyl adjacent to an activating group) is 1.